The van der Waals surface area contributed by atoms with Crippen LogP contribution >= 0.6 is 0 Å². The molecule has 0 spiro atoms. The van der Waals surface area contributed by atoms with Crippen molar-refractivity contribution in [2.24, 2.45) is 0 Å². The molecule has 0 aliphatic carbocycles. The molecule has 1 aliphatic rings. The van der Waals surface area contributed by atoms with Crippen molar-refractivity contribution in [2.45, 2.75) is 25.4 Å². The Hall–Kier alpha value is -2.61. The van der Waals surface area contributed by atoms with E-state index in [0.29, 0.717) is 17.9 Å². The molecular formula is C17H22N2O6. The van der Waals surface area contributed by atoms with E-state index in [0.717, 1.165) is 0 Å². The zero-order valence-electron chi connectivity index (χ0n) is 14.0. The number of likely N-dealkylation sites (tertiary alicyclic amines) is 1. The van der Waals surface area contributed by atoms with Crippen LogP contribution in [0.5, 0.6) is 5.75 Å². The van der Waals surface area contributed by atoms with E-state index >= 15 is 0 Å². The molecule has 1 fully saturated rings. The number of benzene rings is 1. The van der Waals surface area contributed by atoms with E-state index in [-0.39, 0.29) is 38.4 Å². The minimum Gasteiger partial charge on any atom is -0.493 e. The lowest BCUT2D eigenvalue weighted by molar-refractivity contribution is -0.165. The van der Waals surface area contributed by atoms with Crippen LogP contribution in [-0.4, -0.2) is 64.7 Å². The highest BCUT2D eigenvalue weighted by Gasteiger charge is 2.40. The van der Waals surface area contributed by atoms with Crippen molar-refractivity contribution >= 4 is 17.8 Å². The first-order chi connectivity index (χ1) is 11.9. The summed E-state index contributed by atoms with van der Waals surface area (Å²) in [5, 5.41) is 21.4. The molecule has 0 atom stereocenters. The molecule has 0 saturated carbocycles. The second-order valence-corrected chi connectivity index (χ2v) is 5.83. The molecule has 3 N–H and O–H groups in total. The van der Waals surface area contributed by atoms with E-state index in [9.17, 15) is 19.5 Å². The molecule has 8 nitrogen and oxygen atoms in total. The smallest absolute Gasteiger partial charge is 0.335 e. The Bertz CT molecular complexity index is 652. The monoisotopic (exact) mass is 350 g/mol. The highest BCUT2D eigenvalue weighted by molar-refractivity contribution is 5.98. The Morgan fingerprint density at radius 1 is 1.24 bits per heavy atom. The highest BCUT2D eigenvalue weighted by atomic mass is 16.5. The lowest BCUT2D eigenvalue weighted by Crippen LogP contribution is -2.52. The summed E-state index contributed by atoms with van der Waals surface area (Å²) in [5.41, 5.74) is -1.44. The van der Waals surface area contributed by atoms with Gasteiger partial charge in [-0.2, -0.15) is 0 Å². The standard InChI is InChI=1S/C17H22N2O6/c1-2-25-13-6-4-3-5-12(13)15(21)18-11-14(20)19-9-7-17(24,8-10-19)16(22)23/h3-6,24H,2,7-11H2,1H3,(H,18,21)(H,22,23). The number of aliphatic carboxylic acids is 1. The van der Waals surface area contributed by atoms with Gasteiger partial charge in [0.25, 0.3) is 5.91 Å². The minimum atomic E-state index is -1.78. The number of hydrogen-bond acceptors (Lipinski definition) is 5. The maximum atomic E-state index is 12.2. The molecule has 25 heavy (non-hydrogen) atoms. The Labute approximate surface area is 145 Å². The number of amides is 2. The van der Waals surface area contributed by atoms with Crippen LogP contribution < -0.4 is 10.1 Å². The van der Waals surface area contributed by atoms with Crippen molar-refractivity contribution in [3.63, 3.8) is 0 Å². The van der Waals surface area contributed by atoms with Gasteiger partial charge in [0, 0.05) is 25.9 Å². The van der Waals surface area contributed by atoms with Crippen LogP contribution in [0.1, 0.15) is 30.1 Å². The number of rotatable bonds is 6. The first-order valence-corrected chi connectivity index (χ1v) is 8.11. The largest absolute Gasteiger partial charge is 0.493 e. The fourth-order valence-electron chi connectivity index (χ4n) is 2.64. The van der Waals surface area contributed by atoms with Crippen LogP contribution in [0.2, 0.25) is 0 Å². The van der Waals surface area contributed by atoms with E-state index in [1.807, 2.05) is 6.92 Å². The summed E-state index contributed by atoms with van der Waals surface area (Å²) >= 11 is 0. The number of nitrogens with zero attached hydrogens (tertiary/aromatic N) is 1. The van der Waals surface area contributed by atoms with Gasteiger partial charge in [0.1, 0.15) is 5.75 Å². The molecule has 8 heteroatoms. The Morgan fingerprint density at radius 3 is 2.48 bits per heavy atom. The second kappa shape index (κ2) is 7.98. The van der Waals surface area contributed by atoms with E-state index in [1.54, 1.807) is 24.3 Å². The van der Waals surface area contributed by atoms with Crippen molar-refractivity contribution in [3.05, 3.63) is 29.8 Å². The maximum absolute atomic E-state index is 12.2. The molecule has 136 valence electrons. The fourth-order valence-corrected chi connectivity index (χ4v) is 2.64. The third kappa shape index (κ3) is 4.48. The molecule has 0 radical (unpaired) electrons. The van der Waals surface area contributed by atoms with Crippen LogP contribution in [0.25, 0.3) is 0 Å². The van der Waals surface area contributed by atoms with Gasteiger partial charge in [0.05, 0.1) is 18.7 Å². The number of para-hydroxylation sites is 1. The lowest BCUT2D eigenvalue weighted by atomic mass is 9.91. The molecule has 1 aliphatic heterocycles. The SMILES string of the molecule is CCOc1ccccc1C(=O)NCC(=O)N1CCC(O)(C(=O)O)CC1. The minimum absolute atomic E-state index is 0.0325. The zero-order valence-corrected chi connectivity index (χ0v) is 14.0. The third-order valence-electron chi connectivity index (χ3n) is 4.17. The number of hydrogen-bond donors (Lipinski definition) is 3. The van der Waals surface area contributed by atoms with Crippen molar-refractivity contribution in [3.8, 4) is 5.75 Å². The molecule has 0 unspecified atom stereocenters. The van der Waals surface area contributed by atoms with Gasteiger partial charge >= 0.3 is 5.97 Å². The molecule has 0 aromatic heterocycles. The van der Waals surface area contributed by atoms with E-state index < -0.39 is 17.5 Å². The third-order valence-corrected chi connectivity index (χ3v) is 4.17. The summed E-state index contributed by atoms with van der Waals surface area (Å²) in [4.78, 5) is 36.8. The summed E-state index contributed by atoms with van der Waals surface area (Å²) in [7, 11) is 0. The summed E-state index contributed by atoms with van der Waals surface area (Å²) in [6.07, 6.45) is -0.0651. The number of aliphatic hydroxyl groups is 1. The first-order valence-electron chi connectivity index (χ1n) is 8.11. The predicted octanol–water partition coefficient (Wildman–Crippen LogP) is 0.253. The number of carbonyl (C=O) groups is 3. The molecule has 2 amide bonds. The average Bonchev–Trinajstić information content (AvgIpc) is 2.60. The Morgan fingerprint density at radius 2 is 1.88 bits per heavy atom. The topological polar surface area (TPSA) is 116 Å². The van der Waals surface area contributed by atoms with Crippen LogP contribution in [-0.2, 0) is 9.59 Å². The van der Waals surface area contributed by atoms with Crippen molar-refractivity contribution < 1.29 is 29.3 Å². The molecular weight excluding hydrogens is 328 g/mol. The second-order valence-electron chi connectivity index (χ2n) is 5.83. The highest BCUT2D eigenvalue weighted by Crippen LogP contribution is 2.22. The Balaban J connectivity index is 1.88. The van der Waals surface area contributed by atoms with Gasteiger partial charge in [-0.05, 0) is 19.1 Å². The summed E-state index contributed by atoms with van der Waals surface area (Å²) in [5.74, 6) is -1.58. The lowest BCUT2D eigenvalue weighted by Gasteiger charge is -2.35. The van der Waals surface area contributed by atoms with Gasteiger partial charge in [-0.1, -0.05) is 12.1 Å². The van der Waals surface area contributed by atoms with Crippen molar-refractivity contribution in [2.75, 3.05) is 26.2 Å². The van der Waals surface area contributed by atoms with E-state index in [4.69, 9.17) is 9.84 Å². The number of carbonyl (C=O) groups excluding carboxylic acids is 2. The fraction of sp³-hybridized carbons (Fsp3) is 0.471. The number of piperidine rings is 1. The Kier molecular flexibility index (Phi) is 5.97. The van der Waals surface area contributed by atoms with Crippen LogP contribution in [0.15, 0.2) is 24.3 Å². The van der Waals surface area contributed by atoms with Gasteiger partial charge in [0.15, 0.2) is 5.60 Å². The predicted molar refractivity (Wildman–Crippen MR) is 88.3 cm³/mol. The van der Waals surface area contributed by atoms with E-state index in [2.05, 4.69) is 5.32 Å². The van der Waals surface area contributed by atoms with Gasteiger partial charge in [0.2, 0.25) is 5.91 Å². The zero-order chi connectivity index (χ0) is 18.4. The molecule has 1 aromatic carbocycles. The number of ether oxygens (including phenoxy) is 1. The van der Waals surface area contributed by atoms with E-state index in [1.165, 1.54) is 4.90 Å². The van der Waals surface area contributed by atoms with Crippen molar-refractivity contribution in [1.82, 2.24) is 10.2 Å². The van der Waals surface area contributed by atoms with Crippen LogP contribution in [0.3, 0.4) is 0 Å². The van der Waals surface area contributed by atoms with Gasteiger partial charge in [-0.15, -0.1) is 0 Å². The van der Waals surface area contributed by atoms with Gasteiger partial charge < -0.3 is 25.2 Å². The molecule has 1 heterocycles. The van der Waals surface area contributed by atoms with Crippen LogP contribution in [0.4, 0.5) is 0 Å². The molecule has 1 saturated heterocycles. The van der Waals surface area contributed by atoms with Crippen molar-refractivity contribution in [1.29, 1.82) is 0 Å². The summed E-state index contributed by atoms with van der Waals surface area (Å²) in [6.45, 7) is 2.29. The normalized spacial score (nSPS) is 16.2. The molecule has 0 bridgehead atoms. The summed E-state index contributed by atoms with van der Waals surface area (Å²) in [6, 6.07) is 6.75. The van der Waals surface area contributed by atoms with Gasteiger partial charge in [-0.25, -0.2) is 4.79 Å². The summed E-state index contributed by atoms with van der Waals surface area (Å²) < 4.78 is 5.39. The van der Waals surface area contributed by atoms with Crippen LogP contribution in [0, 0.1) is 0 Å². The molecule has 1 aromatic rings. The quantitative estimate of drug-likeness (QED) is 0.677. The maximum Gasteiger partial charge on any atom is 0.335 e. The first kappa shape index (κ1) is 18.7. The average molecular weight is 350 g/mol. The number of carboxylic acid groups (broad SMARTS) is 1. The van der Waals surface area contributed by atoms with Gasteiger partial charge in [-0.3, -0.25) is 9.59 Å². The molecule has 2 rings (SSSR count). The number of nitrogens with one attached hydrogen (secondary N) is 1. The number of carboxylic acids is 1.